The largest absolute Gasteiger partial charge is 0.335 e. The van der Waals surface area contributed by atoms with E-state index in [0.29, 0.717) is 12.1 Å². The van der Waals surface area contributed by atoms with Crippen LogP contribution in [-0.2, 0) is 0 Å². The lowest BCUT2D eigenvalue weighted by molar-refractivity contribution is 0.143. The molecule has 4 saturated carbocycles. The Morgan fingerprint density at radius 2 is 1.74 bits per heavy atom. The maximum Gasteiger partial charge on any atom is 0.317 e. The maximum absolute atomic E-state index is 12.3. The van der Waals surface area contributed by atoms with Crippen LogP contribution in [0.2, 0.25) is 0 Å². The predicted molar refractivity (Wildman–Crippen MR) is 74.8 cm³/mol. The van der Waals surface area contributed by atoms with Gasteiger partial charge in [-0.05, 0) is 68.6 Å². The quantitative estimate of drug-likeness (QED) is 0.815. The van der Waals surface area contributed by atoms with E-state index in [1.807, 2.05) is 11.9 Å². The lowest BCUT2D eigenvalue weighted by Crippen LogP contribution is -2.51. The number of carbonyl (C=O) groups is 1. The second-order valence-corrected chi connectivity index (χ2v) is 7.41. The molecule has 3 nitrogen and oxygen atoms in total. The number of hydrogen-bond donors (Lipinski definition) is 1. The normalized spacial score (nSPS) is 43.9. The first-order chi connectivity index (χ1) is 9.24. The van der Waals surface area contributed by atoms with Gasteiger partial charge in [-0.15, -0.1) is 0 Å². The van der Waals surface area contributed by atoms with Crippen molar-refractivity contribution in [1.29, 1.82) is 0 Å². The molecule has 0 unspecified atom stereocenters. The van der Waals surface area contributed by atoms with Crippen molar-refractivity contribution in [3.8, 4) is 0 Å². The third-order valence-corrected chi connectivity index (χ3v) is 6.68. The predicted octanol–water partition coefficient (Wildman–Crippen LogP) is 3.01. The number of nitrogens with one attached hydrogen (secondary N) is 1. The summed E-state index contributed by atoms with van der Waals surface area (Å²) in [7, 11) is 1.98. The van der Waals surface area contributed by atoms with Crippen molar-refractivity contribution in [3.05, 3.63) is 0 Å². The van der Waals surface area contributed by atoms with Gasteiger partial charge >= 0.3 is 6.03 Å². The number of nitrogens with zero attached hydrogens (tertiary/aromatic N) is 1. The van der Waals surface area contributed by atoms with Crippen molar-refractivity contribution >= 4 is 6.03 Å². The number of carbonyl (C=O) groups excluding carboxylic acids is 1. The minimum absolute atomic E-state index is 0.191. The molecule has 1 N–H and O–H groups in total. The van der Waals surface area contributed by atoms with Gasteiger partial charge < -0.3 is 10.2 Å². The molecule has 0 radical (unpaired) electrons. The van der Waals surface area contributed by atoms with E-state index in [9.17, 15) is 4.79 Å². The Labute approximate surface area is 116 Å². The molecule has 0 aromatic carbocycles. The lowest BCUT2D eigenvalue weighted by atomic mass is 9.79. The van der Waals surface area contributed by atoms with Gasteiger partial charge in [-0.1, -0.05) is 6.42 Å². The van der Waals surface area contributed by atoms with Gasteiger partial charge in [0.05, 0.1) is 0 Å². The molecule has 2 bridgehead atoms. The second-order valence-electron chi connectivity index (χ2n) is 7.41. The second kappa shape index (κ2) is 4.39. The summed E-state index contributed by atoms with van der Waals surface area (Å²) in [6, 6.07) is 1.19. The Hall–Kier alpha value is -0.730. The highest BCUT2D eigenvalue weighted by Gasteiger charge is 2.54. The Bertz CT molecular complexity index is 379. The van der Waals surface area contributed by atoms with E-state index < -0.39 is 0 Å². The van der Waals surface area contributed by atoms with Gasteiger partial charge in [0.25, 0.3) is 0 Å². The fourth-order valence-corrected chi connectivity index (χ4v) is 5.43. The van der Waals surface area contributed by atoms with E-state index in [0.717, 1.165) is 23.7 Å². The van der Waals surface area contributed by atoms with Crippen molar-refractivity contribution < 1.29 is 4.79 Å². The van der Waals surface area contributed by atoms with E-state index in [4.69, 9.17) is 0 Å². The molecule has 0 heterocycles. The summed E-state index contributed by atoms with van der Waals surface area (Å²) in [5, 5.41) is 3.36. The minimum Gasteiger partial charge on any atom is -0.335 e. The van der Waals surface area contributed by atoms with Crippen molar-refractivity contribution in [1.82, 2.24) is 10.2 Å². The summed E-state index contributed by atoms with van der Waals surface area (Å²) in [5.74, 6) is 3.69. The van der Waals surface area contributed by atoms with Crippen LogP contribution in [0.15, 0.2) is 0 Å². The summed E-state index contributed by atoms with van der Waals surface area (Å²) in [5.41, 5.74) is 0. The van der Waals surface area contributed by atoms with Gasteiger partial charge in [0.15, 0.2) is 0 Å². The number of rotatable bonds is 2. The monoisotopic (exact) mass is 262 g/mol. The molecule has 0 aromatic heterocycles. The molecule has 5 atom stereocenters. The van der Waals surface area contributed by atoms with Crippen LogP contribution in [0.3, 0.4) is 0 Å². The standard InChI is InChI=1S/C16H26N2O/c1-18(11-4-2-5-11)16(19)17-15-9-10-8-14(15)13-7-3-6-12(10)13/h10-15H,2-9H2,1H3,(H,17,19)/t10-,12-,13-,14+,15-/m1/s1. The highest BCUT2D eigenvalue weighted by Crippen LogP contribution is 2.58. The Balaban J connectivity index is 1.37. The highest BCUT2D eigenvalue weighted by molar-refractivity contribution is 5.74. The molecule has 4 aliphatic carbocycles. The average Bonchev–Trinajstić information content (AvgIpc) is 2.97. The average molecular weight is 262 g/mol. The third-order valence-electron chi connectivity index (χ3n) is 6.68. The Kier molecular flexibility index (Phi) is 2.78. The molecular weight excluding hydrogens is 236 g/mol. The van der Waals surface area contributed by atoms with Crippen molar-refractivity contribution in [2.75, 3.05) is 7.05 Å². The molecule has 0 spiro atoms. The smallest absolute Gasteiger partial charge is 0.317 e. The van der Waals surface area contributed by atoms with Gasteiger partial charge in [0.2, 0.25) is 0 Å². The van der Waals surface area contributed by atoms with E-state index >= 15 is 0 Å². The summed E-state index contributed by atoms with van der Waals surface area (Å²) in [4.78, 5) is 14.3. The Morgan fingerprint density at radius 3 is 2.47 bits per heavy atom. The van der Waals surface area contributed by atoms with Gasteiger partial charge in [0, 0.05) is 19.1 Å². The molecule has 0 saturated heterocycles. The van der Waals surface area contributed by atoms with Crippen LogP contribution < -0.4 is 5.32 Å². The molecule has 4 aliphatic rings. The van der Waals surface area contributed by atoms with Crippen LogP contribution in [0.25, 0.3) is 0 Å². The first-order valence-corrected chi connectivity index (χ1v) is 8.27. The first kappa shape index (κ1) is 12.0. The van der Waals surface area contributed by atoms with E-state index in [2.05, 4.69) is 5.32 Å². The zero-order valence-electron chi connectivity index (χ0n) is 12.0. The SMILES string of the molecule is CN(C(=O)N[C@@H]1C[C@H]2C[C@H]1[C@@H]1CCC[C@H]21)C1CCC1. The van der Waals surface area contributed by atoms with Crippen LogP contribution in [-0.4, -0.2) is 30.1 Å². The van der Waals surface area contributed by atoms with E-state index in [-0.39, 0.29) is 6.03 Å². The van der Waals surface area contributed by atoms with Crippen molar-refractivity contribution in [2.45, 2.75) is 63.5 Å². The summed E-state index contributed by atoms with van der Waals surface area (Å²) in [6.45, 7) is 0. The molecule has 0 aliphatic heterocycles. The molecular formula is C16H26N2O. The van der Waals surface area contributed by atoms with E-state index in [1.54, 1.807) is 0 Å². The molecule has 3 heteroatoms. The van der Waals surface area contributed by atoms with Gasteiger partial charge in [-0.25, -0.2) is 4.79 Å². The zero-order valence-corrected chi connectivity index (χ0v) is 12.0. The van der Waals surface area contributed by atoms with Crippen LogP contribution in [0.5, 0.6) is 0 Å². The minimum atomic E-state index is 0.191. The molecule has 4 fully saturated rings. The molecule has 19 heavy (non-hydrogen) atoms. The van der Waals surface area contributed by atoms with E-state index in [1.165, 1.54) is 51.4 Å². The number of amides is 2. The number of fused-ring (bicyclic) bond motifs is 5. The summed E-state index contributed by atoms with van der Waals surface area (Å²) in [6.07, 6.45) is 10.7. The molecule has 2 amide bonds. The van der Waals surface area contributed by atoms with Crippen molar-refractivity contribution in [3.63, 3.8) is 0 Å². The fourth-order valence-electron chi connectivity index (χ4n) is 5.43. The van der Waals surface area contributed by atoms with Gasteiger partial charge in [-0.3, -0.25) is 0 Å². The molecule has 106 valence electrons. The number of hydrogen-bond acceptors (Lipinski definition) is 1. The summed E-state index contributed by atoms with van der Waals surface area (Å²) < 4.78 is 0. The first-order valence-electron chi connectivity index (χ1n) is 8.27. The third kappa shape index (κ3) is 1.80. The van der Waals surface area contributed by atoms with Crippen molar-refractivity contribution in [2.24, 2.45) is 23.7 Å². The van der Waals surface area contributed by atoms with Crippen LogP contribution in [0.1, 0.15) is 51.4 Å². The van der Waals surface area contributed by atoms with Crippen LogP contribution >= 0.6 is 0 Å². The van der Waals surface area contributed by atoms with Gasteiger partial charge in [0.1, 0.15) is 0 Å². The lowest BCUT2D eigenvalue weighted by Gasteiger charge is -2.37. The van der Waals surface area contributed by atoms with Crippen LogP contribution in [0, 0.1) is 23.7 Å². The highest BCUT2D eigenvalue weighted by atomic mass is 16.2. The maximum atomic E-state index is 12.3. The van der Waals surface area contributed by atoms with Gasteiger partial charge in [-0.2, -0.15) is 0 Å². The molecule has 4 rings (SSSR count). The van der Waals surface area contributed by atoms with Crippen LogP contribution in [0.4, 0.5) is 4.79 Å². The zero-order chi connectivity index (χ0) is 13.0. The topological polar surface area (TPSA) is 32.3 Å². The Morgan fingerprint density at radius 1 is 1.00 bits per heavy atom. The number of urea groups is 1. The fraction of sp³-hybridized carbons (Fsp3) is 0.938. The molecule has 0 aromatic rings. The summed E-state index contributed by atoms with van der Waals surface area (Å²) >= 11 is 0.